The van der Waals surface area contributed by atoms with Crippen LogP contribution < -0.4 is 14.4 Å². The van der Waals surface area contributed by atoms with Gasteiger partial charge in [0.25, 0.3) is 17.6 Å². The first-order chi connectivity index (χ1) is 17.0. The number of methoxy groups -OCH3 is 1. The lowest BCUT2D eigenvalue weighted by Gasteiger charge is -2.34. The lowest BCUT2D eigenvalue weighted by Crippen LogP contribution is -2.52. The average Bonchev–Trinajstić information content (AvgIpc) is 3.26. The van der Waals surface area contributed by atoms with E-state index in [1.807, 2.05) is 6.92 Å². The van der Waals surface area contributed by atoms with Crippen LogP contribution in [-0.4, -0.2) is 67.6 Å². The van der Waals surface area contributed by atoms with Gasteiger partial charge in [0.15, 0.2) is 17.0 Å². The summed E-state index contributed by atoms with van der Waals surface area (Å²) in [6.07, 6.45) is 0.414. The third kappa shape index (κ3) is 3.22. The molecule has 3 aliphatic heterocycles. The zero-order chi connectivity index (χ0) is 24.7. The number of likely N-dealkylation sites (N-methyl/N-ethyl adjacent to an activating group) is 1. The second-order valence-corrected chi connectivity index (χ2v) is 8.49. The van der Waals surface area contributed by atoms with E-state index in [1.165, 1.54) is 4.90 Å². The van der Waals surface area contributed by atoms with Gasteiger partial charge in [-0.1, -0.05) is 18.2 Å². The van der Waals surface area contributed by atoms with Crippen LogP contribution >= 0.6 is 0 Å². The van der Waals surface area contributed by atoms with Crippen molar-refractivity contribution >= 4 is 29.0 Å². The Morgan fingerprint density at radius 2 is 1.83 bits per heavy atom. The highest BCUT2D eigenvalue weighted by Gasteiger charge is 2.66. The monoisotopic (exact) mass is 478 g/mol. The van der Waals surface area contributed by atoms with Crippen LogP contribution in [0.25, 0.3) is 5.76 Å². The maximum Gasteiger partial charge on any atom is 0.296 e. The molecule has 0 bridgehead atoms. The predicted molar refractivity (Wildman–Crippen MR) is 126 cm³/mol. The van der Waals surface area contributed by atoms with E-state index in [-0.39, 0.29) is 17.7 Å². The molecule has 0 aliphatic carbocycles. The topological polar surface area (TPSA) is 106 Å². The molecule has 1 atom stereocenters. The van der Waals surface area contributed by atoms with Gasteiger partial charge in [0.2, 0.25) is 0 Å². The number of rotatable bonds is 6. The molecule has 1 fully saturated rings. The van der Waals surface area contributed by atoms with E-state index in [4.69, 9.17) is 14.2 Å². The Morgan fingerprint density at radius 1 is 1.09 bits per heavy atom. The van der Waals surface area contributed by atoms with Gasteiger partial charge in [-0.25, -0.2) is 0 Å². The maximum atomic E-state index is 14.1. The number of nitrogens with zero attached hydrogens (tertiary/aromatic N) is 2. The number of fused-ring (bicyclic) bond motifs is 3. The second-order valence-electron chi connectivity index (χ2n) is 8.49. The Labute approximate surface area is 202 Å². The van der Waals surface area contributed by atoms with Crippen LogP contribution in [0.2, 0.25) is 0 Å². The first kappa shape index (κ1) is 22.9. The molecule has 2 aromatic rings. The molecular weight excluding hydrogens is 452 g/mol. The number of Topliss-reactive ketones (excluding diaryl/α,β-unsaturated/α-hetero) is 1. The summed E-state index contributed by atoms with van der Waals surface area (Å²) in [4.78, 5) is 43.8. The maximum absolute atomic E-state index is 14.1. The molecule has 35 heavy (non-hydrogen) atoms. The van der Waals surface area contributed by atoms with Crippen molar-refractivity contribution < 1.29 is 33.7 Å². The van der Waals surface area contributed by atoms with E-state index in [1.54, 1.807) is 54.5 Å². The largest absolute Gasteiger partial charge is 0.507 e. The van der Waals surface area contributed by atoms with Crippen LogP contribution in [0.3, 0.4) is 0 Å². The van der Waals surface area contributed by atoms with E-state index in [0.717, 1.165) is 0 Å². The van der Waals surface area contributed by atoms with Crippen LogP contribution in [0.5, 0.6) is 11.5 Å². The smallest absolute Gasteiger partial charge is 0.296 e. The van der Waals surface area contributed by atoms with Crippen molar-refractivity contribution in [3.63, 3.8) is 0 Å². The van der Waals surface area contributed by atoms with Gasteiger partial charge in [-0.3, -0.25) is 14.4 Å². The third-order valence-corrected chi connectivity index (χ3v) is 6.67. The van der Waals surface area contributed by atoms with E-state index >= 15 is 0 Å². The van der Waals surface area contributed by atoms with Gasteiger partial charge < -0.3 is 29.1 Å². The molecule has 1 spiro atoms. The SMILES string of the molecule is CCN1C(=O)[C@]2(C(=C(O)c3ccc4c(c3)OCCO4)C(=O)C(=O)N2CCCOC)c2ccccc21. The van der Waals surface area contributed by atoms with Crippen molar-refractivity contribution in [3.8, 4) is 11.5 Å². The van der Waals surface area contributed by atoms with Crippen LogP contribution in [0.4, 0.5) is 5.69 Å². The van der Waals surface area contributed by atoms with E-state index in [0.29, 0.717) is 55.5 Å². The quantitative estimate of drug-likeness (QED) is 0.294. The first-order valence-corrected chi connectivity index (χ1v) is 11.6. The molecule has 1 saturated heterocycles. The Balaban J connectivity index is 1.76. The molecular formula is C26H26N2O7. The van der Waals surface area contributed by atoms with E-state index < -0.39 is 28.9 Å². The number of anilines is 1. The Morgan fingerprint density at radius 3 is 2.57 bits per heavy atom. The fraction of sp³-hybridized carbons (Fsp3) is 0.346. The van der Waals surface area contributed by atoms with E-state index in [2.05, 4.69) is 0 Å². The summed E-state index contributed by atoms with van der Waals surface area (Å²) >= 11 is 0. The number of aliphatic hydroxyl groups excluding tert-OH is 1. The summed E-state index contributed by atoms with van der Waals surface area (Å²) in [6.45, 7) is 3.36. The van der Waals surface area contributed by atoms with Crippen LogP contribution in [-0.2, 0) is 24.7 Å². The molecule has 9 heteroatoms. The number of benzene rings is 2. The number of amides is 2. The zero-order valence-corrected chi connectivity index (χ0v) is 19.6. The van der Waals surface area contributed by atoms with Gasteiger partial charge in [-0.15, -0.1) is 0 Å². The summed E-state index contributed by atoms with van der Waals surface area (Å²) in [5.41, 5.74) is -0.672. The molecule has 182 valence electrons. The van der Waals surface area contributed by atoms with Crippen LogP contribution in [0.15, 0.2) is 48.0 Å². The van der Waals surface area contributed by atoms with E-state index in [9.17, 15) is 19.5 Å². The molecule has 2 aromatic carbocycles. The number of ether oxygens (including phenoxy) is 3. The standard InChI is InChI=1S/C26H26N2O7/c1-3-27-18-8-5-4-7-17(18)26(25(27)32)21(23(30)24(31)28(26)11-6-12-33-2)22(29)16-9-10-19-20(15-16)35-14-13-34-19/h4-5,7-10,15,29H,3,6,11-14H2,1-2H3/t26-/m1/s1. The van der Waals surface area contributed by atoms with Crippen molar-refractivity contribution in [2.75, 3.05) is 44.9 Å². The molecule has 0 aromatic heterocycles. The van der Waals surface area contributed by atoms with Gasteiger partial charge in [0, 0.05) is 37.9 Å². The number of likely N-dealkylation sites (tertiary alicyclic amines) is 1. The predicted octanol–water partition coefficient (Wildman–Crippen LogP) is 2.44. The fourth-order valence-electron chi connectivity index (χ4n) is 5.18. The highest BCUT2D eigenvalue weighted by Crippen LogP contribution is 2.53. The average molecular weight is 479 g/mol. The Kier molecular flexibility index (Phi) is 5.72. The van der Waals surface area contributed by atoms with Gasteiger partial charge in [0.1, 0.15) is 19.0 Å². The first-order valence-electron chi connectivity index (χ1n) is 11.6. The van der Waals surface area contributed by atoms with Crippen molar-refractivity contribution in [3.05, 3.63) is 59.2 Å². The minimum atomic E-state index is -1.77. The molecule has 9 nitrogen and oxygen atoms in total. The van der Waals surface area contributed by atoms with Gasteiger partial charge >= 0.3 is 0 Å². The van der Waals surface area contributed by atoms with Crippen LogP contribution in [0.1, 0.15) is 24.5 Å². The van der Waals surface area contributed by atoms with Crippen molar-refractivity contribution in [2.45, 2.75) is 18.9 Å². The lowest BCUT2D eigenvalue weighted by atomic mass is 9.81. The van der Waals surface area contributed by atoms with Gasteiger partial charge in [-0.2, -0.15) is 0 Å². The van der Waals surface area contributed by atoms with Crippen molar-refractivity contribution in [2.24, 2.45) is 0 Å². The van der Waals surface area contributed by atoms with Crippen molar-refractivity contribution in [1.29, 1.82) is 0 Å². The summed E-state index contributed by atoms with van der Waals surface area (Å²) in [5, 5.41) is 11.5. The molecule has 1 N–H and O–H groups in total. The lowest BCUT2D eigenvalue weighted by molar-refractivity contribution is -0.143. The third-order valence-electron chi connectivity index (χ3n) is 6.67. The molecule has 5 rings (SSSR count). The fourth-order valence-corrected chi connectivity index (χ4v) is 5.18. The summed E-state index contributed by atoms with van der Waals surface area (Å²) < 4.78 is 16.3. The van der Waals surface area contributed by atoms with Crippen LogP contribution in [0, 0.1) is 0 Å². The summed E-state index contributed by atoms with van der Waals surface area (Å²) in [6, 6.07) is 11.8. The van der Waals surface area contributed by atoms with Crippen molar-refractivity contribution in [1.82, 2.24) is 4.90 Å². The summed E-state index contributed by atoms with van der Waals surface area (Å²) in [5.74, 6) is -1.69. The summed E-state index contributed by atoms with van der Waals surface area (Å²) in [7, 11) is 1.54. The molecule has 2 amide bonds. The van der Waals surface area contributed by atoms with Gasteiger partial charge in [0.05, 0.1) is 11.3 Å². The zero-order valence-electron chi connectivity index (χ0n) is 19.6. The number of hydrogen-bond acceptors (Lipinski definition) is 7. The Hall–Kier alpha value is -3.85. The number of carbonyl (C=O) groups is 3. The highest BCUT2D eigenvalue weighted by molar-refractivity contribution is 6.50. The molecule has 0 saturated carbocycles. The molecule has 3 heterocycles. The normalized spacial score (nSPS) is 22.3. The molecule has 0 radical (unpaired) electrons. The second kappa shape index (κ2) is 8.74. The number of para-hydroxylation sites is 1. The molecule has 0 unspecified atom stereocenters. The molecule has 3 aliphatic rings. The minimum absolute atomic E-state index is 0.105. The number of carbonyl (C=O) groups excluding carboxylic acids is 3. The number of ketones is 1. The highest BCUT2D eigenvalue weighted by atomic mass is 16.6. The number of hydrogen-bond donors (Lipinski definition) is 1. The van der Waals surface area contributed by atoms with Gasteiger partial charge in [-0.05, 0) is 37.6 Å². The minimum Gasteiger partial charge on any atom is -0.507 e. The number of aliphatic hydroxyl groups is 1. The Bertz CT molecular complexity index is 1250.